The van der Waals surface area contributed by atoms with E-state index in [0.29, 0.717) is 6.04 Å². The maximum atomic E-state index is 12.1. The first-order valence-electron chi connectivity index (χ1n) is 8.84. The number of aldehydes is 1. The second kappa shape index (κ2) is 5.33. The van der Waals surface area contributed by atoms with Crippen LogP contribution in [0.25, 0.3) is 0 Å². The molecule has 5 rings (SSSR count). The number of allylic oxidation sites excluding steroid dienone is 2. The van der Waals surface area contributed by atoms with Crippen LogP contribution in [0.5, 0.6) is 5.75 Å². The van der Waals surface area contributed by atoms with Gasteiger partial charge in [-0.05, 0) is 24.1 Å². The first kappa shape index (κ1) is 17.1. The molecule has 1 aromatic carbocycles. The summed E-state index contributed by atoms with van der Waals surface area (Å²) in [5.74, 6) is 0.518. The van der Waals surface area contributed by atoms with Crippen LogP contribution in [-0.2, 0) is 10.2 Å². The summed E-state index contributed by atoms with van der Waals surface area (Å²) in [7, 11) is 2.36. The van der Waals surface area contributed by atoms with Gasteiger partial charge in [-0.15, -0.1) is 0 Å². The number of nitrogens with one attached hydrogen (secondary N) is 1. The summed E-state index contributed by atoms with van der Waals surface area (Å²) in [5, 5.41) is 13.8. The number of fused-ring (bicyclic) bond motifs is 2. The van der Waals surface area contributed by atoms with Gasteiger partial charge in [0.15, 0.2) is 0 Å². The van der Waals surface area contributed by atoms with Crippen LogP contribution in [-0.4, -0.2) is 42.1 Å². The zero-order chi connectivity index (χ0) is 16.7. The van der Waals surface area contributed by atoms with E-state index in [-0.39, 0.29) is 41.1 Å². The van der Waals surface area contributed by atoms with Crippen LogP contribution in [0.1, 0.15) is 25.3 Å². The van der Waals surface area contributed by atoms with Crippen molar-refractivity contribution >= 4 is 12.0 Å². The SMILES string of the molecule is C/C=C1\C[N+]2(C)CC[C@]34C(=C(C=O)[C@H]1C[C@@H]32)Nc1c(O)cccc14.[I-]. The van der Waals surface area contributed by atoms with Crippen molar-refractivity contribution in [2.75, 3.05) is 25.5 Å². The molecule has 1 aliphatic carbocycles. The number of benzene rings is 1. The molecule has 0 saturated carbocycles. The first-order chi connectivity index (χ1) is 11.5. The van der Waals surface area contributed by atoms with E-state index in [4.69, 9.17) is 0 Å². The molecular formula is C20H23IN2O2. The number of hydrogen-bond donors (Lipinski definition) is 2. The molecule has 2 bridgehead atoms. The highest BCUT2D eigenvalue weighted by atomic mass is 127. The van der Waals surface area contributed by atoms with Gasteiger partial charge in [0.1, 0.15) is 24.6 Å². The Bertz CT molecular complexity index is 846. The van der Waals surface area contributed by atoms with E-state index in [1.165, 1.54) is 11.1 Å². The van der Waals surface area contributed by atoms with Crippen molar-refractivity contribution < 1.29 is 38.4 Å². The van der Waals surface area contributed by atoms with Gasteiger partial charge < -0.3 is 38.9 Å². The molecule has 1 unspecified atom stereocenters. The number of phenolic OH excluding ortho intramolecular Hbond substituents is 1. The monoisotopic (exact) mass is 450 g/mol. The van der Waals surface area contributed by atoms with Crippen molar-refractivity contribution in [3.8, 4) is 5.75 Å². The lowest BCUT2D eigenvalue weighted by molar-refractivity contribution is -0.923. The van der Waals surface area contributed by atoms with Gasteiger partial charge in [-0.3, -0.25) is 4.79 Å². The summed E-state index contributed by atoms with van der Waals surface area (Å²) in [6.45, 7) is 4.24. The van der Waals surface area contributed by atoms with Crippen LogP contribution in [0.15, 0.2) is 41.1 Å². The quantitative estimate of drug-likeness (QED) is 0.203. The third-order valence-corrected chi connectivity index (χ3v) is 7.17. The topological polar surface area (TPSA) is 49.3 Å². The maximum absolute atomic E-state index is 12.1. The number of hydrogen-bond acceptors (Lipinski definition) is 3. The number of piperidine rings is 1. The molecule has 2 N–H and O–H groups in total. The van der Waals surface area contributed by atoms with Gasteiger partial charge in [0.2, 0.25) is 0 Å². The Hall–Kier alpha value is -1.34. The van der Waals surface area contributed by atoms with Crippen LogP contribution in [0.3, 0.4) is 0 Å². The Morgan fingerprint density at radius 3 is 2.92 bits per heavy atom. The first-order valence-corrected chi connectivity index (χ1v) is 8.84. The predicted molar refractivity (Wildman–Crippen MR) is 92.7 cm³/mol. The number of carbonyl (C=O) groups is 1. The van der Waals surface area contributed by atoms with Crippen LogP contribution in [0.2, 0.25) is 0 Å². The Balaban J connectivity index is 0.00000157. The van der Waals surface area contributed by atoms with Crippen molar-refractivity contribution in [1.82, 2.24) is 0 Å². The van der Waals surface area contributed by atoms with E-state index < -0.39 is 0 Å². The lowest BCUT2D eigenvalue weighted by atomic mass is 9.61. The third-order valence-electron chi connectivity index (χ3n) is 7.17. The standard InChI is InChI=1S/C20H22N2O2.HI/c1-3-12-10-22(2)8-7-20-15-5-4-6-16(24)18(15)21-19(20)14(11-23)13(12)9-17(20)22;/h3-6,11,13,17H,7-10H2,1-2H3,(H-,21,23,24);1H/b12-3+;/t13-,17-,20+,22?;/m0./s1. The minimum absolute atomic E-state index is 0. The summed E-state index contributed by atoms with van der Waals surface area (Å²) >= 11 is 0. The Morgan fingerprint density at radius 1 is 1.40 bits per heavy atom. The second-order valence-corrected chi connectivity index (χ2v) is 8.02. The molecule has 0 amide bonds. The van der Waals surface area contributed by atoms with E-state index in [1.54, 1.807) is 6.07 Å². The number of carbonyl (C=O) groups excluding carboxylic acids is 1. The average Bonchev–Trinajstić information content (AvgIpc) is 3.09. The van der Waals surface area contributed by atoms with Gasteiger partial charge in [0, 0.05) is 30.0 Å². The zero-order valence-electron chi connectivity index (χ0n) is 14.6. The normalized spacial score (nSPS) is 38.7. The minimum Gasteiger partial charge on any atom is -1.00 e. The molecule has 0 aromatic heterocycles. The number of phenols is 1. The summed E-state index contributed by atoms with van der Waals surface area (Å²) < 4.78 is 1.04. The highest BCUT2D eigenvalue weighted by Crippen LogP contribution is 2.63. The van der Waals surface area contributed by atoms with E-state index in [2.05, 4.69) is 31.4 Å². The van der Waals surface area contributed by atoms with Gasteiger partial charge in [0.05, 0.1) is 24.7 Å². The second-order valence-electron chi connectivity index (χ2n) is 8.02. The Kier molecular flexibility index (Phi) is 3.64. The summed E-state index contributed by atoms with van der Waals surface area (Å²) in [5.41, 5.74) is 5.23. The number of rotatable bonds is 1. The van der Waals surface area contributed by atoms with Gasteiger partial charge in [-0.25, -0.2) is 0 Å². The molecule has 1 spiro atoms. The summed E-state index contributed by atoms with van der Waals surface area (Å²) in [4.78, 5) is 12.1. The molecule has 3 heterocycles. The summed E-state index contributed by atoms with van der Waals surface area (Å²) in [6, 6.07) is 6.27. The number of nitrogens with zero attached hydrogens (tertiary/aromatic N) is 1. The molecule has 4 atom stereocenters. The number of para-hydroxylation sites is 1. The van der Waals surface area contributed by atoms with E-state index in [0.717, 1.165) is 53.7 Å². The largest absolute Gasteiger partial charge is 1.00 e. The number of halogens is 1. The molecule has 0 radical (unpaired) electrons. The molecule has 4 aliphatic rings. The molecule has 132 valence electrons. The van der Waals surface area contributed by atoms with Crippen LogP contribution in [0.4, 0.5) is 5.69 Å². The third kappa shape index (κ3) is 1.83. The predicted octanol–water partition coefficient (Wildman–Crippen LogP) is -0.289. The van der Waals surface area contributed by atoms with Crippen molar-refractivity contribution in [1.29, 1.82) is 0 Å². The lowest BCUT2D eigenvalue weighted by Crippen LogP contribution is -3.00. The van der Waals surface area contributed by atoms with Crippen LogP contribution < -0.4 is 29.3 Å². The molecule has 3 aliphatic heterocycles. The molecule has 5 heteroatoms. The van der Waals surface area contributed by atoms with Gasteiger partial charge in [0.25, 0.3) is 0 Å². The fourth-order valence-electron chi connectivity index (χ4n) is 6.12. The smallest absolute Gasteiger partial charge is 0.148 e. The highest BCUT2D eigenvalue weighted by Gasteiger charge is 2.67. The highest BCUT2D eigenvalue weighted by molar-refractivity contribution is 5.85. The van der Waals surface area contributed by atoms with Crippen LogP contribution in [0, 0.1) is 5.92 Å². The van der Waals surface area contributed by atoms with Gasteiger partial charge in [-0.1, -0.05) is 18.2 Å². The molecule has 4 nitrogen and oxygen atoms in total. The average molecular weight is 450 g/mol. The zero-order valence-corrected chi connectivity index (χ0v) is 16.7. The van der Waals surface area contributed by atoms with Crippen molar-refractivity contribution in [2.24, 2.45) is 5.92 Å². The van der Waals surface area contributed by atoms with E-state index in [9.17, 15) is 9.90 Å². The molecule has 2 fully saturated rings. The lowest BCUT2D eigenvalue weighted by Gasteiger charge is -2.51. The Labute approximate surface area is 165 Å². The fraction of sp³-hybridized carbons (Fsp3) is 0.450. The van der Waals surface area contributed by atoms with E-state index >= 15 is 0 Å². The van der Waals surface area contributed by atoms with Gasteiger partial charge in [-0.2, -0.15) is 0 Å². The van der Waals surface area contributed by atoms with Crippen molar-refractivity contribution in [3.05, 3.63) is 46.7 Å². The minimum atomic E-state index is -0.130. The fourth-order valence-corrected chi connectivity index (χ4v) is 6.12. The van der Waals surface area contributed by atoms with Crippen LogP contribution >= 0.6 is 0 Å². The molecule has 1 aromatic rings. The number of aromatic hydroxyl groups is 1. The molecule has 25 heavy (non-hydrogen) atoms. The van der Waals surface area contributed by atoms with Crippen molar-refractivity contribution in [2.45, 2.75) is 31.2 Å². The number of anilines is 1. The maximum Gasteiger partial charge on any atom is 0.148 e. The Morgan fingerprint density at radius 2 is 2.20 bits per heavy atom. The number of quaternary nitrogens is 1. The molecular weight excluding hydrogens is 427 g/mol. The van der Waals surface area contributed by atoms with Crippen molar-refractivity contribution in [3.63, 3.8) is 0 Å². The number of likely N-dealkylation sites (N-methyl/N-ethyl adjacent to an activating group) is 1. The van der Waals surface area contributed by atoms with E-state index in [1.807, 2.05) is 6.07 Å². The van der Waals surface area contributed by atoms with Gasteiger partial charge >= 0.3 is 0 Å². The molecule has 2 saturated heterocycles. The summed E-state index contributed by atoms with van der Waals surface area (Å²) in [6.07, 6.45) is 5.34.